The Kier molecular flexibility index (Phi) is 8.59. The van der Waals surface area contributed by atoms with E-state index in [0.29, 0.717) is 25.2 Å². The molecule has 2 fully saturated rings. The highest BCUT2D eigenvalue weighted by molar-refractivity contribution is 7.89. The first-order chi connectivity index (χ1) is 16.8. The number of nitrogens with zero attached hydrogens (tertiary/aromatic N) is 2. The molecule has 2 heterocycles. The monoisotopic (exact) mass is 499 g/mol. The molecule has 2 aliphatic rings. The summed E-state index contributed by atoms with van der Waals surface area (Å²) in [6.45, 7) is 8.06. The highest BCUT2D eigenvalue weighted by Gasteiger charge is 2.32. The first-order valence-electron chi connectivity index (χ1n) is 12.7. The fraction of sp³-hybridized carbons (Fsp3) is 0.519. The molecule has 7 nitrogen and oxygen atoms in total. The third-order valence-electron chi connectivity index (χ3n) is 6.69. The number of carbonyl (C=O) groups excluding carboxylic acids is 1. The van der Waals surface area contributed by atoms with Gasteiger partial charge in [0, 0.05) is 31.7 Å². The molecule has 0 bridgehead atoms. The first-order valence-corrected chi connectivity index (χ1v) is 14.1. The zero-order chi connectivity index (χ0) is 24.8. The van der Waals surface area contributed by atoms with Crippen LogP contribution in [0.25, 0.3) is 0 Å². The fourth-order valence-electron chi connectivity index (χ4n) is 4.93. The van der Waals surface area contributed by atoms with E-state index in [9.17, 15) is 13.2 Å². The van der Waals surface area contributed by atoms with Crippen LogP contribution in [0.5, 0.6) is 0 Å². The third-order valence-corrected chi connectivity index (χ3v) is 8.54. The Morgan fingerprint density at radius 2 is 1.57 bits per heavy atom. The summed E-state index contributed by atoms with van der Waals surface area (Å²) in [6, 6.07) is 14.5. The number of amides is 1. The van der Waals surface area contributed by atoms with Crippen LogP contribution < -0.4 is 5.32 Å². The predicted molar refractivity (Wildman–Crippen MR) is 137 cm³/mol. The van der Waals surface area contributed by atoms with Crippen molar-refractivity contribution in [1.29, 1.82) is 0 Å². The molecule has 35 heavy (non-hydrogen) atoms. The normalized spacial score (nSPS) is 22.5. The lowest BCUT2D eigenvalue weighted by Crippen LogP contribution is -2.48. The lowest BCUT2D eigenvalue weighted by molar-refractivity contribution is -0.0440. The predicted octanol–water partition coefficient (Wildman–Crippen LogP) is 3.79. The van der Waals surface area contributed by atoms with Crippen molar-refractivity contribution in [2.75, 3.05) is 26.2 Å². The maximum atomic E-state index is 13.0. The summed E-state index contributed by atoms with van der Waals surface area (Å²) >= 11 is 0. The molecule has 2 aliphatic heterocycles. The van der Waals surface area contributed by atoms with E-state index in [1.54, 1.807) is 12.1 Å². The van der Waals surface area contributed by atoms with E-state index >= 15 is 0 Å². The molecule has 0 saturated carbocycles. The summed E-state index contributed by atoms with van der Waals surface area (Å²) in [5.41, 5.74) is 2.76. The van der Waals surface area contributed by atoms with Crippen molar-refractivity contribution in [2.45, 2.75) is 69.7 Å². The smallest absolute Gasteiger partial charge is 0.251 e. The van der Waals surface area contributed by atoms with Gasteiger partial charge in [-0.15, -0.1) is 0 Å². The maximum Gasteiger partial charge on any atom is 0.251 e. The average molecular weight is 500 g/mol. The van der Waals surface area contributed by atoms with Gasteiger partial charge in [-0.25, -0.2) is 8.42 Å². The van der Waals surface area contributed by atoms with Gasteiger partial charge in [-0.05, 0) is 75.2 Å². The van der Waals surface area contributed by atoms with Gasteiger partial charge < -0.3 is 10.1 Å². The van der Waals surface area contributed by atoms with E-state index in [0.717, 1.165) is 25.2 Å². The van der Waals surface area contributed by atoms with Crippen LogP contribution in [0.1, 0.15) is 61.0 Å². The minimum atomic E-state index is -3.63. The average Bonchev–Trinajstić information content (AvgIpc) is 3.11. The standard InChI is InChI=1S/C27H37N3O4S/c1-21-18-30(19-22(2)34-21)35(32,33)26-12-10-25(11-13-26)27(31)28-17-23-8-7-9-24(16-23)20-29-14-5-3-4-6-15-29/h7-13,16,21-22H,3-6,14-15,17-20H2,1-2H3,(H,28,31). The number of hydrogen-bond donors (Lipinski definition) is 1. The third kappa shape index (κ3) is 6.91. The highest BCUT2D eigenvalue weighted by Crippen LogP contribution is 2.21. The van der Waals surface area contributed by atoms with Crippen LogP contribution in [0.4, 0.5) is 0 Å². The maximum absolute atomic E-state index is 13.0. The zero-order valence-electron chi connectivity index (χ0n) is 20.8. The van der Waals surface area contributed by atoms with Gasteiger partial charge in [-0.3, -0.25) is 9.69 Å². The minimum absolute atomic E-state index is 0.151. The molecule has 8 heteroatoms. The van der Waals surface area contributed by atoms with Crippen molar-refractivity contribution in [1.82, 2.24) is 14.5 Å². The molecular weight excluding hydrogens is 462 g/mol. The summed E-state index contributed by atoms with van der Waals surface area (Å²) in [6.07, 6.45) is 4.87. The van der Waals surface area contributed by atoms with Crippen LogP contribution in [0.3, 0.4) is 0 Å². The number of ether oxygens (including phenoxy) is 1. The summed E-state index contributed by atoms with van der Waals surface area (Å²) in [5.74, 6) is -0.222. The summed E-state index contributed by atoms with van der Waals surface area (Å²) in [4.78, 5) is 15.4. The molecule has 1 amide bonds. The molecule has 2 unspecified atom stereocenters. The van der Waals surface area contributed by atoms with Gasteiger partial charge in [-0.1, -0.05) is 37.1 Å². The molecule has 2 atom stereocenters. The molecule has 2 aromatic carbocycles. The van der Waals surface area contributed by atoms with E-state index in [1.165, 1.54) is 47.7 Å². The SMILES string of the molecule is CC1CN(S(=O)(=O)c2ccc(C(=O)NCc3cccc(CN4CCCCCC4)c3)cc2)CC(C)O1. The number of morpholine rings is 1. The van der Waals surface area contributed by atoms with Crippen LogP contribution in [0, 0.1) is 0 Å². The van der Waals surface area contributed by atoms with Gasteiger partial charge in [0.15, 0.2) is 0 Å². The van der Waals surface area contributed by atoms with Crippen LogP contribution in [-0.4, -0.2) is 61.9 Å². The van der Waals surface area contributed by atoms with Crippen LogP contribution in [0.15, 0.2) is 53.4 Å². The van der Waals surface area contributed by atoms with Gasteiger partial charge in [0.25, 0.3) is 5.91 Å². The number of benzene rings is 2. The number of nitrogens with one attached hydrogen (secondary N) is 1. The zero-order valence-corrected chi connectivity index (χ0v) is 21.6. The van der Waals surface area contributed by atoms with Crippen LogP contribution in [0.2, 0.25) is 0 Å². The van der Waals surface area contributed by atoms with Crippen molar-refractivity contribution in [3.8, 4) is 0 Å². The van der Waals surface area contributed by atoms with E-state index in [1.807, 2.05) is 26.0 Å². The molecular formula is C27H37N3O4S. The Bertz CT molecular complexity index is 1090. The van der Waals surface area contributed by atoms with Gasteiger partial charge in [0.2, 0.25) is 10.0 Å². The van der Waals surface area contributed by atoms with Crippen molar-refractivity contribution in [3.05, 3.63) is 65.2 Å². The van der Waals surface area contributed by atoms with Crippen molar-refractivity contribution in [3.63, 3.8) is 0 Å². The Balaban J connectivity index is 1.34. The fourth-order valence-corrected chi connectivity index (χ4v) is 6.52. The Labute approximate surface area is 209 Å². The van der Waals surface area contributed by atoms with Gasteiger partial charge in [0.1, 0.15) is 0 Å². The van der Waals surface area contributed by atoms with E-state index < -0.39 is 10.0 Å². The topological polar surface area (TPSA) is 79.0 Å². The Morgan fingerprint density at radius 1 is 0.943 bits per heavy atom. The van der Waals surface area contributed by atoms with E-state index in [4.69, 9.17) is 4.74 Å². The second-order valence-corrected chi connectivity index (χ2v) is 11.7. The van der Waals surface area contributed by atoms with E-state index in [2.05, 4.69) is 22.3 Å². The Hall–Kier alpha value is -2.26. The summed E-state index contributed by atoms with van der Waals surface area (Å²) < 4.78 is 33.2. The van der Waals surface area contributed by atoms with Crippen LogP contribution >= 0.6 is 0 Å². The molecule has 1 N–H and O–H groups in total. The largest absolute Gasteiger partial charge is 0.373 e. The Morgan fingerprint density at radius 3 is 2.23 bits per heavy atom. The van der Waals surface area contributed by atoms with Crippen molar-refractivity contribution in [2.24, 2.45) is 0 Å². The highest BCUT2D eigenvalue weighted by atomic mass is 32.2. The number of rotatable bonds is 7. The van der Waals surface area contributed by atoms with Crippen molar-refractivity contribution < 1.29 is 17.9 Å². The quantitative estimate of drug-likeness (QED) is 0.627. The van der Waals surface area contributed by atoms with E-state index in [-0.39, 0.29) is 23.0 Å². The van der Waals surface area contributed by atoms with Gasteiger partial charge >= 0.3 is 0 Å². The molecule has 0 aromatic heterocycles. The lowest BCUT2D eigenvalue weighted by Gasteiger charge is -2.34. The molecule has 0 spiro atoms. The van der Waals surface area contributed by atoms with Crippen LogP contribution in [-0.2, 0) is 27.8 Å². The second-order valence-electron chi connectivity index (χ2n) is 9.80. The minimum Gasteiger partial charge on any atom is -0.373 e. The second kappa shape index (κ2) is 11.6. The number of likely N-dealkylation sites (tertiary alicyclic amines) is 1. The number of sulfonamides is 1. The van der Waals surface area contributed by atoms with Gasteiger partial charge in [0.05, 0.1) is 17.1 Å². The van der Waals surface area contributed by atoms with Gasteiger partial charge in [-0.2, -0.15) is 4.31 Å². The molecule has 0 radical (unpaired) electrons. The molecule has 2 saturated heterocycles. The summed E-state index contributed by atoms with van der Waals surface area (Å²) in [5, 5.41) is 2.96. The number of carbonyl (C=O) groups is 1. The number of hydrogen-bond acceptors (Lipinski definition) is 5. The molecule has 0 aliphatic carbocycles. The lowest BCUT2D eigenvalue weighted by atomic mass is 10.1. The molecule has 4 rings (SSSR count). The molecule has 190 valence electrons. The first kappa shape index (κ1) is 25.8. The molecule has 2 aromatic rings. The summed E-state index contributed by atoms with van der Waals surface area (Å²) in [7, 11) is -3.63. The van der Waals surface area contributed by atoms with Crippen molar-refractivity contribution >= 4 is 15.9 Å².